The smallest absolute Gasteiger partial charge is 0.273 e. The molecule has 0 aliphatic heterocycles. The van der Waals surface area contributed by atoms with Crippen LogP contribution in [-0.2, 0) is 10.5 Å². The van der Waals surface area contributed by atoms with Crippen LogP contribution in [0.5, 0.6) is 0 Å². The first-order valence-corrected chi connectivity index (χ1v) is 11.6. The molecule has 5 rings (SSSR count). The lowest BCUT2D eigenvalue weighted by Crippen LogP contribution is -2.36. The van der Waals surface area contributed by atoms with Crippen molar-refractivity contribution in [3.8, 4) is 0 Å². The van der Waals surface area contributed by atoms with Crippen molar-refractivity contribution in [1.82, 2.24) is 9.89 Å². The average Bonchev–Trinajstić information content (AvgIpc) is 3.39. The quantitative estimate of drug-likeness (QED) is 0.594. The van der Waals surface area contributed by atoms with E-state index < -0.39 is 0 Å². The van der Waals surface area contributed by atoms with Gasteiger partial charge in [-0.1, -0.05) is 66.7 Å². The van der Waals surface area contributed by atoms with Crippen molar-refractivity contribution >= 4 is 28.4 Å². The highest BCUT2D eigenvalue weighted by molar-refractivity contribution is 7.98. The Hall–Kier alpha value is -2.60. The molecule has 2 bridgehead atoms. The first-order chi connectivity index (χ1) is 14.7. The molecule has 0 spiro atoms. The second kappa shape index (κ2) is 8.26. The van der Waals surface area contributed by atoms with Gasteiger partial charge in [-0.3, -0.25) is 9.59 Å². The number of thioether (sulfide) groups is 1. The number of amides is 1. The summed E-state index contributed by atoms with van der Waals surface area (Å²) in [5.74, 6) is 2.56. The van der Waals surface area contributed by atoms with Crippen LogP contribution in [0.1, 0.15) is 37.7 Å². The highest BCUT2D eigenvalue weighted by Crippen LogP contribution is 2.49. The van der Waals surface area contributed by atoms with E-state index in [-0.39, 0.29) is 11.5 Å². The third-order valence-electron chi connectivity index (χ3n) is 6.55. The Bertz CT molecular complexity index is 1130. The van der Waals surface area contributed by atoms with E-state index in [2.05, 4.69) is 22.7 Å². The number of nitrogens with zero attached hydrogens (tertiary/aromatic N) is 2. The third kappa shape index (κ3) is 3.88. The normalized spacial score (nSPS) is 22.5. The maximum atomic E-state index is 12.9. The molecule has 2 saturated carbocycles. The topological polar surface area (TPSA) is 64.0 Å². The van der Waals surface area contributed by atoms with E-state index in [1.165, 1.54) is 24.8 Å². The minimum Gasteiger partial charge on any atom is -0.273 e. The van der Waals surface area contributed by atoms with E-state index in [9.17, 15) is 9.59 Å². The van der Waals surface area contributed by atoms with Gasteiger partial charge >= 0.3 is 0 Å². The fraction of sp³-hybridized carbons (Fsp3) is 0.375. The summed E-state index contributed by atoms with van der Waals surface area (Å²) in [6.07, 6.45) is 5.46. The second-order valence-corrected chi connectivity index (χ2v) is 9.48. The number of aromatic nitrogens is 2. The van der Waals surface area contributed by atoms with E-state index >= 15 is 0 Å². The molecule has 5 nitrogen and oxygen atoms in total. The van der Waals surface area contributed by atoms with Gasteiger partial charge in [-0.05, 0) is 48.6 Å². The number of benzene rings is 2. The molecule has 1 N–H and O–H groups in total. The molecule has 2 aromatic carbocycles. The number of hydrogen-bond acceptors (Lipinski definition) is 4. The molecule has 2 aliphatic rings. The molecule has 3 atom stereocenters. The fourth-order valence-corrected chi connectivity index (χ4v) is 6.07. The van der Waals surface area contributed by atoms with Crippen LogP contribution in [0.15, 0.2) is 64.4 Å². The zero-order chi connectivity index (χ0) is 20.5. The van der Waals surface area contributed by atoms with E-state index in [1.54, 1.807) is 17.8 Å². The molecular formula is C24H25N3O2S. The summed E-state index contributed by atoms with van der Waals surface area (Å²) in [6, 6.07) is 17.6. The highest BCUT2D eigenvalue weighted by atomic mass is 32.2. The van der Waals surface area contributed by atoms with Gasteiger partial charge in [-0.2, -0.15) is 0 Å². The van der Waals surface area contributed by atoms with Gasteiger partial charge in [0.15, 0.2) is 0 Å². The van der Waals surface area contributed by atoms with Crippen molar-refractivity contribution in [1.29, 1.82) is 0 Å². The summed E-state index contributed by atoms with van der Waals surface area (Å²) in [4.78, 5) is 26.8. The van der Waals surface area contributed by atoms with Crippen LogP contribution in [0.4, 0.5) is 0 Å². The zero-order valence-corrected chi connectivity index (χ0v) is 17.6. The van der Waals surface area contributed by atoms with Crippen molar-refractivity contribution in [3.63, 3.8) is 0 Å². The molecule has 0 saturated heterocycles. The first-order valence-electron chi connectivity index (χ1n) is 10.7. The summed E-state index contributed by atoms with van der Waals surface area (Å²) in [5.41, 5.74) is 3.67. The van der Waals surface area contributed by atoms with Crippen molar-refractivity contribution in [2.24, 2.45) is 17.8 Å². The number of rotatable bonds is 6. The van der Waals surface area contributed by atoms with E-state index in [4.69, 9.17) is 0 Å². The van der Waals surface area contributed by atoms with Crippen LogP contribution < -0.4 is 11.0 Å². The van der Waals surface area contributed by atoms with Gasteiger partial charge in [-0.15, -0.1) is 9.89 Å². The Labute approximate surface area is 179 Å². The number of fused-ring (bicyclic) bond motifs is 3. The summed E-state index contributed by atoms with van der Waals surface area (Å²) in [6.45, 7) is 0. The standard InChI is InChI=1S/C24H25N3O2S/c28-22(14-19-13-17-10-11-18(19)12-17)25-27-24(29)21-9-5-4-8-20(21)23(26-27)30-15-16-6-2-1-3-7-16/h1-9,17-19H,10-15H2,(H,25,28)/t17-,18+,19-/m1/s1. The largest absolute Gasteiger partial charge is 0.294 e. The van der Waals surface area contributed by atoms with Crippen LogP contribution in [0.2, 0.25) is 0 Å². The van der Waals surface area contributed by atoms with E-state index in [0.717, 1.165) is 33.3 Å². The monoisotopic (exact) mass is 419 g/mol. The molecule has 0 unspecified atom stereocenters. The van der Waals surface area contributed by atoms with Gasteiger partial charge < -0.3 is 0 Å². The van der Waals surface area contributed by atoms with Gasteiger partial charge in [0.2, 0.25) is 5.91 Å². The summed E-state index contributed by atoms with van der Waals surface area (Å²) in [7, 11) is 0. The molecular weight excluding hydrogens is 394 g/mol. The predicted molar refractivity (Wildman–Crippen MR) is 120 cm³/mol. The van der Waals surface area contributed by atoms with Gasteiger partial charge in [0.1, 0.15) is 5.03 Å². The lowest BCUT2D eigenvalue weighted by molar-refractivity contribution is -0.118. The van der Waals surface area contributed by atoms with E-state index in [0.29, 0.717) is 23.6 Å². The Morgan fingerprint density at radius 3 is 2.53 bits per heavy atom. The van der Waals surface area contributed by atoms with Crippen LogP contribution in [0.25, 0.3) is 10.8 Å². The minimum absolute atomic E-state index is 0.114. The predicted octanol–water partition coefficient (Wildman–Crippen LogP) is 4.59. The first kappa shape index (κ1) is 19.4. The minimum atomic E-state index is -0.282. The molecule has 2 fully saturated rings. The van der Waals surface area contributed by atoms with Gasteiger partial charge in [0, 0.05) is 17.6 Å². The number of carbonyl (C=O) groups excluding carboxylic acids is 1. The Morgan fingerprint density at radius 1 is 1.03 bits per heavy atom. The summed E-state index contributed by atoms with van der Waals surface area (Å²) >= 11 is 1.57. The zero-order valence-electron chi connectivity index (χ0n) is 16.8. The molecule has 1 amide bonds. The second-order valence-electron chi connectivity index (χ2n) is 8.52. The molecule has 154 valence electrons. The Kier molecular flexibility index (Phi) is 5.34. The Morgan fingerprint density at radius 2 is 1.80 bits per heavy atom. The number of nitrogens with one attached hydrogen (secondary N) is 1. The molecule has 1 heterocycles. The number of hydrogen-bond donors (Lipinski definition) is 1. The molecule has 1 aromatic heterocycles. The van der Waals surface area contributed by atoms with Crippen LogP contribution in [0, 0.1) is 17.8 Å². The molecule has 30 heavy (non-hydrogen) atoms. The third-order valence-corrected chi connectivity index (χ3v) is 7.60. The summed E-state index contributed by atoms with van der Waals surface area (Å²) < 4.78 is 0. The molecule has 2 aliphatic carbocycles. The van der Waals surface area contributed by atoms with Crippen LogP contribution in [-0.4, -0.2) is 15.8 Å². The van der Waals surface area contributed by atoms with Crippen molar-refractivity contribution in [2.75, 3.05) is 5.43 Å². The molecule has 6 heteroatoms. The lowest BCUT2D eigenvalue weighted by Gasteiger charge is -2.21. The molecule has 3 aromatic rings. The van der Waals surface area contributed by atoms with Gasteiger partial charge in [0.25, 0.3) is 5.56 Å². The average molecular weight is 420 g/mol. The SMILES string of the molecule is O=C(C[C@H]1C[C@@H]2CC[C@H]1C2)Nn1nc(SCc2ccccc2)c2ccccc2c1=O. The maximum absolute atomic E-state index is 12.9. The van der Waals surface area contributed by atoms with E-state index in [1.807, 2.05) is 36.4 Å². The van der Waals surface area contributed by atoms with Crippen LogP contribution >= 0.6 is 11.8 Å². The van der Waals surface area contributed by atoms with Gasteiger partial charge in [-0.25, -0.2) is 5.43 Å². The van der Waals surface area contributed by atoms with Gasteiger partial charge in [0.05, 0.1) is 5.39 Å². The lowest BCUT2D eigenvalue weighted by atomic mass is 9.86. The molecule has 0 radical (unpaired) electrons. The maximum Gasteiger partial charge on any atom is 0.294 e. The number of carbonyl (C=O) groups is 1. The van der Waals surface area contributed by atoms with Crippen molar-refractivity contribution in [2.45, 2.75) is 42.9 Å². The fourth-order valence-electron chi connectivity index (χ4n) is 5.10. The summed E-state index contributed by atoms with van der Waals surface area (Å²) in [5, 5.41) is 6.65. The highest BCUT2D eigenvalue weighted by Gasteiger charge is 2.40. The van der Waals surface area contributed by atoms with Crippen LogP contribution in [0.3, 0.4) is 0 Å². The Balaban J connectivity index is 1.38. The van der Waals surface area contributed by atoms with Crippen molar-refractivity contribution in [3.05, 3.63) is 70.5 Å². The van der Waals surface area contributed by atoms with Crippen molar-refractivity contribution < 1.29 is 4.79 Å².